The van der Waals surface area contributed by atoms with Crippen molar-refractivity contribution in [2.24, 2.45) is 7.05 Å². The molecule has 0 spiro atoms. The van der Waals surface area contributed by atoms with Gasteiger partial charge in [0.1, 0.15) is 11.6 Å². The summed E-state index contributed by atoms with van der Waals surface area (Å²) in [5.74, 6) is 2.14. The molecule has 0 aliphatic rings. The highest BCUT2D eigenvalue weighted by Gasteiger charge is 2.11. The van der Waals surface area contributed by atoms with E-state index in [1.54, 1.807) is 23.9 Å². The highest BCUT2D eigenvalue weighted by molar-refractivity contribution is 7.98. The van der Waals surface area contributed by atoms with E-state index in [1.165, 1.54) is 12.1 Å². The second kappa shape index (κ2) is 7.49. The average Bonchev–Trinajstić information content (AvgIpc) is 2.96. The first-order valence-electron chi connectivity index (χ1n) is 7.67. The molecule has 0 amide bonds. The van der Waals surface area contributed by atoms with E-state index in [2.05, 4.69) is 10.2 Å². The summed E-state index contributed by atoms with van der Waals surface area (Å²) in [5, 5.41) is 9.36. The standard InChI is InChI=1S/C18H18FN3OS/c1-3-23-16-10-6-14(7-11-16)17-20-21-18(22(17)2)24-12-13-4-8-15(19)9-5-13/h4-11H,3,12H2,1-2H3. The fourth-order valence-corrected chi connectivity index (χ4v) is 3.15. The molecule has 0 aliphatic carbocycles. The van der Waals surface area contributed by atoms with Crippen molar-refractivity contribution in [3.63, 3.8) is 0 Å². The summed E-state index contributed by atoms with van der Waals surface area (Å²) < 4.78 is 20.4. The molecule has 0 bridgehead atoms. The van der Waals surface area contributed by atoms with Crippen molar-refractivity contribution >= 4 is 11.8 Å². The van der Waals surface area contributed by atoms with Gasteiger partial charge in [-0.1, -0.05) is 23.9 Å². The summed E-state index contributed by atoms with van der Waals surface area (Å²) >= 11 is 1.57. The van der Waals surface area contributed by atoms with Gasteiger partial charge in [-0.2, -0.15) is 0 Å². The number of thioether (sulfide) groups is 1. The third-order valence-corrected chi connectivity index (χ3v) is 4.63. The van der Waals surface area contributed by atoms with Crippen LogP contribution in [0.1, 0.15) is 12.5 Å². The molecule has 0 radical (unpaired) electrons. The van der Waals surface area contributed by atoms with Crippen molar-refractivity contribution in [1.29, 1.82) is 0 Å². The number of nitrogens with zero attached hydrogens (tertiary/aromatic N) is 3. The molecule has 6 heteroatoms. The zero-order chi connectivity index (χ0) is 16.9. The largest absolute Gasteiger partial charge is 0.494 e. The molecule has 0 unspecified atom stereocenters. The maximum absolute atomic E-state index is 12.9. The third-order valence-electron chi connectivity index (χ3n) is 3.54. The van der Waals surface area contributed by atoms with Gasteiger partial charge in [0.25, 0.3) is 0 Å². The summed E-state index contributed by atoms with van der Waals surface area (Å²) in [7, 11) is 1.94. The summed E-state index contributed by atoms with van der Waals surface area (Å²) in [6.07, 6.45) is 0. The van der Waals surface area contributed by atoms with Crippen LogP contribution in [-0.4, -0.2) is 21.4 Å². The lowest BCUT2D eigenvalue weighted by Gasteiger charge is -2.06. The second-order valence-electron chi connectivity index (χ2n) is 5.24. The molecule has 0 atom stereocenters. The second-order valence-corrected chi connectivity index (χ2v) is 6.18. The van der Waals surface area contributed by atoms with Gasteiger partial charge in [-0.25, -0.2) is 4.39 Å². The average molecular weight is 343 g/mol. The van der Waals surface area contributed by atoms with Crippen molar-refractivity contribution in [2.45, 2.75) is 17.8 Å². The molecule has 4 nitrogen and oxygen atoms in total. The lowest BCUT2D eigenvalue weighted by Crippen LogP contribution is -1.96. The van der Waals surface area contributed by atoms with Gasteiger partial charge in [0.15, 0.2) is 11.0 Å². The van der Waals surface area contributed by atoms with E-state index in [4.69, 9.17) is 4.74 Å². The molecule has 3 aromatic rings. The predicted molar refractivity (Wildman–Crippen MR) is 93.6 cm³/mol. The minimum Gasteiger partial charge on any atom is -0.494 e. The van der Waals surface area contributed by atoms with Crippen molar-refractivity contribution in [3.8, 4) is 17.1 Å². The molecule has 0 saturated carbocycles. The first-order valence-corrected chi connectivity index (χ1v) is 8.66. The highest BCUT2D eigenvalue weighted by Crippen LogP contribution is 2.26. The van der Waals surface area contributed by atoms with E-state index in [1.807, 2.05) is 42.8 Å². The Hall–Kier alpha value is -2.34. The van der Waals surface area contributed by atoms with Gasteiger partial charge in [-0.3, -0.25) is 0 Å². The molecule has 3 rings (SSSR count). The lowest BCUT2D eigenvalue weighted by molar-refractivity contribution is 0.340. The molecule has 124 valence electrons. The number of hydrogen-bond donors (Lipinski definition) is 0. The van der Waals surface area contributed by atoms with Gasteiger partial charge < -0.3 is 9.30 Å². The van der Waals surface area contributed by atoms with E-state index >= 15 is 0 Å². The van der Waals surface area contributed by atoms with E-state index in [0.29, 0.717) is 6.61 Å². The number of benzene rings is 2. The molecule has 0 N–H and O–H groups in total. The Morgan fingerprint density at radius 2 is 1.75 bits per heavy atom. The normalized spacial score (nSPS) is 10.8. The Balaban J connectivity index is 1.72. The van der Waals surface area contributed by atoms with Crippen LogP contribution in [0.4, 0.5) is 4.39 Å². The number of hydrogen-bond acceptors (Lipinski definition) is 4. The third kappa shape index (κ3) is 3.76. The SMILES string of the molecule is CCOc1ccc(-c2nnc(SCc3ccc(F)cc3)n2C)cc1. The fraction of sp³-hybridized carbons (Fsp3) is 0.222. The Labute approximate surface area is 144 Å². The van der Waals surface area contributed by atoms with Crippen LogP contribution >= 0.6 is 11.8 Å². The van der Waals surface area contributed by atoms with E-state index in [9.17, 15) is 4.39 Å². The summed E-state index contributed by atoms with van der Waals surface area (Å²) in [6, 6.07) is 14.3. The highest BCUT2D eigenvalue weighted by atomic mass is 32.2. The van der Waals surface area contributed by atoms with Crippen molar-refractivity contribution < 1.29 is 9.13 Å². The van der Waals surface area contributed by atoms with Crippen LogP contribution in [0.5, 0.6) is 5.75 Å². The Bertz CT molecular complexity index is 800. The zero-order valence-corrected chi connectivity index (χ0v) is 14.4. The zero-order valence-electron chi connectivity index (χ0n) is 13.6. The van der Waals surface area contributed by atoms with Crippen molar-refractivity contribution in [1.82, 2.24) is 14.8 Å². The summed E-state index contributed by atoms with van der Waals surface area (Å²) in [5.41, 5.74) is 2.04. The molecule has 0 fully saturated rings. The minimum atomic E-state index is -0.222. The van der Waals surface area contributed by atoms with Gasteiger partial charge >= 0.3 is 0 Å². The predicted octanol–water partition coefficient (Wildman–Crippen LogP) is 4.31. The van der Waals surface area contributed by atoms with Gasteiger partial charge in [0, 0.05) is 18.4 Å². The number of ether oxygens (including phenoxy) is 1. The van der Waals surface area contributed by atoms with Crippen LogP contribution in [0.3, 0.4) is 0 Å². The lowest BCUT2D eigenvalue weighted by atomic mass is 10.2. The van der Waals surface area contributed by atoms with Crippen LogP contribution in [-0.2, 0) is 12.8 Å². The monoisotopic (exact) mass is 343 g/mol. The molecule has 0 aliphatic heterocycles. The smallest absolute Gasteiger partial charge is 0.191 e. The molecule has 24 heavy (non-hydrogen) atoms. The molecular formula is C18H18FN3OS. The van der Waals surface area contributed by atoms with Crippen LogP contribution < -0.4 is 4.74 Å². The molecule has 1 aromatic heterocycles. The number of rotatable bonds is 6. The van der Waals surface area contributed by atoms with Crippen LogP contribution in [0.15, 0.2) is 53.7 Å². The molecule has 0 saturated heterocycles. The topological polar surface area (TPSA) is 39.9 Å². The maximum atomic E-state index is 12.9. The Morgan fingerprint density at radius 1 is 1.04 bits per heavy atom. The van der Waals surface area contributed by atoms with Gasteiger partial charge in [0.05, 0.1) is 6.61 Å². The summed E-state index contributed by atoms with van der Waals surface area (Å²) in [4.78, 5) is 0. The first-order chi connectivity index (χ1) is 11.7. The maximum Gasteiger partial charge on any atom is 0.191 e. The van der Waals surface area contributed by atoms with Gasteiger partial charge in [-0.15, -0.1) is 10.2 Å². The van der Waals surface area contributed by atoms with E-state index in [0.717, 1.165) is 33.6 Å². The fourth-order valence-electron chi connectivity index (χ4n) is 2.29. The minimum absolute atomic E-state index is 0.222. The summed E-state index contributed by atoms with van der Waals surface area (Å²) in [6.45, 7) is 2.61. The number of aromatic nitrogens is 3. The van der Waals surface area contributed by atoms with E-state index < -0.39 is 0 Å². The molecule has 1 heterocycles. The Morgan fingerprint density at radius 3 is 2.42 bits per heavy atom. The number of halogens is 1. The van der Waals surface area contributed by atoms with Crippen molar-refractivity contribution in [2.75, 3.05) is 6.61 Å². The van der Waals surface area contributed by atoms with Crippen LogP contribution in [0.25, 0.3) is 11.4 Å². The first kappa shape index (κ1) is 16.5. The Kier molecular flexibility index (Phi) is 5.15. The quantitative estimate of drug-likeness (QED) is 0.625. The van der Waals surface area contributed by atoms with Gasteiger partial charge in [0.2, 0.25) is 0 Å². The molecule has 2 aromatic carbocycles. The van der Waals surface area contributed by atoms with Gasteiger partial charge in [-0.05, 0) is 48.9 Å². The van der Waals surface area contributed by atoms with E-state index in [-0.39, 0.29) is 5.82 Å². The van der Waals surface area contributed by atoms with Crippen molar-refractivity contribution in [3.05, 3.63) is 59.9 Å². The van der Waals surface area contributed by atoms with Crippen LogP contribution in [0.2, 0.25) is 0 Å². The van der Waals surface area contributed by atoms with Crippen LogP contribution in [0, 0.1) is 5.82 Å². The molecular weight excluding hydrogens is 325 g/mol.